The summed E-state index contributed by atoms with van der Waals surface area (Å²) < 4.78 is 1.06. The summed E-state index contributed by atoms with van der Waals surface area (Å²) in [6.07, 6.45) is 1.47. The van der Waals surface area contributed by atoms with Crippen LogP contribution in [0.2, 0.25) is 0 Å². The van der Waals surface area contributed by atoms with Crippen LogP contribution in [0.5, 0.6) is 0 Å². The SMILES string of the molecule is O=C(Cn1nnc2ccccc2c1=O)NCc1ccc(N2CCCC2=O)cc1. The Kier molecular flexibility index (Phi) is 4.84. The minimum absolute atomic E-state index is 0.142. The van der Waals surface area contributed by atoms with Gasteiger partial charge in [-0.15, -0.1) is 5.10 Å². The van der Waals surface area contributed by atoms with Crippen molar-refractivity contribution in [2.75, 3.05) is 11.4 Å². The third-order valence-corrected chi connectivity index (χ3v) is 4.73. The fraction of sp³-hybridized carbons (Fsp3) is 0.250. The van der Waals surface area contributed by atoms with Gasteiger partial charge in [0.1, 0.15) is 12.1 Å². The highest BCUT2D eigenvalue weighted by Gasteiger charge is 2.21. The average Bonchev–Trinajstić information content (AvgIpc) is 3.15. The van der Waals surface area contributed by atoms with Crippen LogP contribution >= 0.6 is 0 Å². The van der Waals surface area contributed by atoms with E-state index in [1.807, 2.05) is 24.3 Å². The molecule has 4 rings (SSSR count). The molecule has 28 heavy (non-hydrogen) atoms. The second-order valence-electron chi connectivity index (χ2n) is 6.66. The molecule has 1 saturated heterocycles. The molecule has 2 heterocycles. The summed E-state index contributed by atoms with van der Waals surface area (Å²) in [5.74, 6) is -0.187. The van der Waals surface area contributed by atoms with Crippen molar-refractivity contribution in [3.63, 3.8) is 0 Å². The molecule has 1 aromatic heterocycles. The number of rotatable bonds is 5. The van der Waals surface area contributed by atoms with E-state index in [1.54, 1.807) is 29.2 Å². The Bertz CT molecular complexity index is 1090. The number of amides is 2. The van der Waals surface area contributed by atoms with Gasteiger partial charge in [0, 0.05) is 25.2 Å². The molecule has 0 atom stereocenters. The van der Waals surface area contributed by atoms with Crippen LogP contribution in [-0.4, -0.2) is 33.4 Å². The number of carbonyl (C=O) groups excluding carboxylic acids is 2. The van der Waals surface area contributed by atoms with Crippen LogP contribution < -0.4 is 15.8 Å². The predicted molar refractivity (Wildman–Crippen MR) is 104 cm³/mol. The highest BCUT2D eigenvalue weighted by Crippen LogP contribution is 2.21. The van der Waals surface area contributed by atoms with E-state index in [2.05, 4.69) is 15.6 Å². The monoisotopic (exact) mass is 377 g/mol. The fourth-order valence-corrected chi connectivity index (χ4v) is 3.23. The highest BCUT2D eigenvalue weighted by molar-refractivity contribution is 5.95. The molecule has 2 aromatic carbocycles. The normalized spacial score (nSPS) is 13.9. The molecule has 1 aliphatic rings. The van der Waals surface area contributed by atoms with Crippen molar-refractivity contribution < 1.29 is 9.59 Å². The number of carbonyl (C=O) groups is 2. The first-order valence-electron chi connectivity index (χ1n) is 9.10. The number of aromatic nitrogens is 3. The van der Waals surface area contributed by atoms with E-state index in [-0.39, 0.29) is 23.9 Å². The Morgan fingerprint density at radius 1 is 1.07 bits per heavy atom. The molecule has 2 amide bonds. The van der Waals surface area contributed by atoms with Gasteiger partial charge in [-0.1, -0.05) is 29.5 Å². The lowest BCUT2D eigenvalue weighted by Crippen LogP contribution is -2.34. The largest absolute Gasteiger partial charge is 0.350 e. The van der Waals surface area contributed by atoms with E-state index in [9.17, 15) is 14.4 Å². The van der Waals surface area contributed by atoms with Gasteiger partial charge in [-0.25, -0.2) is 4.68 Å². The Morgan fingerprint density at radius 2 is 1.86 bits per heavy atom. The summed E-state index contributed by atoms with van der Waals surface area (Å²) >= 11 is 0. The Morgan fingerprint density at radius 3 is 2.61 bits per heavy atom. The zero-order valence-corrected chi connectivity index (χ0v) is 15.2. The maximum atomic E-state index is 12.4. The Labute approximate surface area is 160 Å². The Balaban J connectivity index is 1.38. The quantitative estimate of drug-likeness (QED) is 0.721. The highest BCUT2D eigenvalue weighted by atomic mass is 16.2. The maximum Gasteiger partial charge on any atom is 0.278 e. The van der Waals surface area contributed by atoms with Gasteiger partial charge >= 0.3 is 0 Å². The van der Waals surface area contributed by atoms with Gasteiger partial charge in [0.2, 0.25) is 11.8 Å². The molecule has 0 radical (unpaired) electrons. The average molecular weight is 377 g/mol. The lowest BCUT2D eigenvalue weighted by atomic mass is 10.2. The van der Waals surface area contributed by atoms with Crippen molar-refractivity contribution in [3.8, 4) is 0 Å². The third-order valence-electron chi connectivity index (χ3n) is 4.73. The van der Waals surface area contributed by atoms with Crippen LogP contribution in [-0.2, 0) is 22.7 Å². The molecule has 0 aliphatic carbocycles. The van der Waals surface area contributed by atoms with E-state index in [0.717, 1.165) is 28.9 Å². The summed E-state index contributed by atoms with van der Waals surface area (Å²) in [6.45, 7) is 0.871. The van der Waals surface area contributed by atoms with Crippen molar-refractivity contribution in [3.05, 3.63) is 64.4 Å². The smallest absolute Gasteiger partial charge is 0.278 e. The summed E-state index contributed by atoms with van der Waals surface area (Å²) in [5.41, 5.74) is 1.93. The molecule has 0 spiro atoms. The summed E-state index contributed by atoms with van der Waals surface area (Å²) in [5, 5.41) is 11.0. The van der Waals surface area contributed by atoms with Crippen molar-refractivity contribution >= 4 is 28.4 Å². The molecule has 8 nitrogen and oxygen atoms in total. The third kappa shape index (κ3) is 3.62. The number of nitrogens with zero attached hydrogens (tertiary/aromatic N) is 4. The maximum absolute atomic E-state index is 12.4. The zero-order valence-electron chi connectivity index (χ0n) is 15.2. The number of hydrogen-bond donors (Lipinski definition) is 1. The molecule has 0 saturated carbocycles. The minimum Gasteiger partial charge on any atom is -0.350 e. The number of anilines is 1. The molecular formula is C20H19N5O3. The molecule has 1 fully saturated rings. The molecule has 3 aromatic rings. The van der Waals surface area contributed by atoms with E-state index in [1.165, 1.54) is 0 Å². The van der Waals surface area contributed by atoms with Gasteiger partial charge < -0.3 is 10.2 Å². The van der Waals surface area contributed by atoms with Crippen LogP contribution in [0, 0.1) is 0 Å². The molecule has 0 unspecified atom stereocenters. The van der Waals surface area contributed by atoms with E-state index in [0.29, 0.717) is 23.9 Å². The van der Waals surface area contributed by atoms with Crippen LogP contribution in [0.4, 0.5) is 5.69 Å². The van der Waals surface area contributed by atoms with E-state index >= 15 is 0 Å². The fourth-order valence-electron chi connectivity index (χ4n) is 3.23. The van der Waals surface area contributed by atoms with Gasteiger partial charge in [0.25, 0.3) is 5.56 Å². The topological polar surface area (TPSA) is 97.2 Å². The molecule has 0 bridgehead atoms. The van der Waals surface area contributed by atoms with Crippen LogP contribution in [0.3, 0.4) is 0 Å². The first-order valence-corrected chi connectivity index (χ1v) is 9.10. The first kappa shape index (κ1) is 17.8. The Hall–Kier alpha value is -3.55. The van der Waals surface area contributed by atoms with Crippen LogP contribution in [0.25, 0.3) is 10.9 Å². The second-order valence-corrected chi connectivity index (χ2v) is 6.66. The number of benzene rings is 2. The second kappa shape index (κ2) is 7.59. The lowest BCUT2D eigenvalue weighted by molar-refractivity contribution is -0.122. The summed E-state index contributed by atoms with van der Waals surface area (Å²) in [7, 11) is 0. The van der Waals surface area contributed by atoms with Gasteiger partial charge in [-0.05, 0) is 36.2 Å². The van der Waals surface area contributed by atoms with Crippen molar-refractivity contribution in [1.29, 1.82) is 0 Å². The number of hydrogen-bond acceptors (Lipinski definition) is 5. The molecule has 1 N–H and O–H groups in total. The van der Waals surface area contributed by atoms with Gasteiger partial charge in [0.05, 0.1) is 5.39 Å². The molecular weight excluding hydrogens is 358 g/mol. The van der Waals surface area contributed by atoms with Crippen LogP contribution in [0.1, 0.15) is 18.4 Å². The molecule has 1 aliphatic heterocycles. The van der Waals surface area contributed by atoms with Crippen LogP contribution in [0.15, 0.2) is 53.3 Å². The lowest BCUT2D eigenvalue weighted by Gasteiger charge is -2.16. The van der Waals surface area contributed by atoms with E-state index < -0.39 is 0 Å². The summed E-state index contributed by atoms with van der Waals surface area (Å²) in [6, 6.07) is 14.4. The number of nitrogens with one attached hydrogen (secondary N) is 1. The van der Waals surface area contributed by atoms with Crippen molar-refractivity contribution in [2.24, 2.45) is 0 Å². The molecule has 142 valence electrons. The summed E-state index contributed by atoms with van der Waals surface area (Å²) in [4.78, 5) is 38.1. The van der Waals surface area contributed by atoms with E-state index in [4.69, 9.17) is 0 Å². The van der Waals surface area contributed by atoms with Crippen molar-refractivity contribution in [1.82, 2.24) is 20.3 Å². The standard InChI is InChI=1S/C20H19N5O3/c26-18(13-25-20(28)16-4-1-2-5-17(16)22-23-25)21-12-14-7-9-15(10-8-14)24-11-3-6-19(24)27/h1-2,4-5,7-10H,3,6,11-13H2,(H,21,26). The van der Waals surface area contributed by atoms with Crippen molar-refractivity contribution in [2.45, 2.75) is 25.9 Å². The first-order chi connectivity index (χ1) is 13.6. The van der Waals surface area contributed by atoms with Gasteiger partial charge in [-0.2, -0.15) is 0 Å². The predicted octanol–water partition coefficient (Wildman–Crippen LogP) is 1.23. The minimum atomic E-state index is -0.347. The van der Waals surface area contributed by atoms with Gasteiger partial charge in [0.15, 0.2) is 0 Å². The van der Waals surface area contributed by atoms with Gasteiger partial charge in [-0.3, -0.25) is 14.4 Å². The zero-order chi connectivity index (χ0) is 19.5. The number of fused-ring (bicyclic) bond motifs is 1. The molecule has 8 heteroatoms.